The zero-order valence-corrected chi connectivity index (χ0v) is 14.3. The number of hydrogen-bond donors (Lipinski definition) is 0. The van der Waals surface area contributed by atoms with E-state index in [0.29, 0.717) is 18.0 Å². The molecule has 0 aromatic carbocycles. The van der Waals surface area contributed by atoms with Crippen molar-refractivity contribution in [2.24, 2.45) is 7.05 Å². The van der Waals surface area contributed by atoms with Crippen LogP contribution in [0.25, 0.3) is 5.57 Å². The normalized spacial score (nSPS) is 11.0. The number of aryl methyl sites for hydroxylation is 1. The number of ether oxygens (including phenoxy) is 2. The highest BCUT2D eigenvalue weighted by molar-refractivity contribution is 5.77. The Balaban J connectivity index is 3.07. The number of aromatic nitrogens is 2. The van der Waals surface area contributed by atoms with E-state index in [1.165, 1.54) is 4.90 Å². The molecule has 0 bridgehead atoms. The van der Waals surface area contributed by atoms with Crippen molar-refractivity contribution in [2.75, 3.05) is 14.2 Å². The van der Waals surface area contributed by atoms with Gasteiger partial charge in [0.2, 0.25) is 5.88 Å². The Kier molecular flexibility index (Phi) is 5.41. The molecular formula is C16H25N3O3. The first-order chi connectivity index (χ1) is 10.1. The van der Waals surface area contributed by atoms with Gasteiger partial charge in [-0.3, -0.25) is 4.68 Å². The average Bonchev–Trinajstić information content (AvgIpc) is 2.72. The van der Waals surface area contributed by atoms with Crippen molar-refractivity contribution < 1.29 is 14.3 Å². The maximum atomic E-state index is 12.1. The molecule has 0 aliphatic carbocycles. The summed E-state index contributed by atoms with van der Waals surface area (Å²) in [5.41, 5.74) is 1.70. The third kappa shape index (κ3) is 4.13. The molecule has 1 rings (SSSR count). The second kappa shape index (κ2) is 6.68. The molecule has 0 fully saturated rings. The Labute approximate surface area is 132 Å². The number of allylic oxidation sites excluding steroid dienone is 2. The predicted octanol–water partition coefficient (Wildman–Crippen LogP) is 2.99. The number of amides is 1. The summed E-state index contributed by atoms with van der Waals surface area (Å²) in [6, 6.07) is 0. The molecular weight excluding hydrogens is 282 g/mol. The molecule has 22 heavy (non-hydrogen) atoms. The third-order valence-electron chi connectivity index (χ3n) is 2.99. The van der Waals surface area contributed by atoms with E-state index in [2.05, 4.69) is 18.3 Å². The number of nitrogens with zero attached hydrogens (tertiary/aromatic N) is 3. The number of rotatable bonds is 5. The van der Waals surface area contributed by atoms with Crippen LogP contribution in [0.5, 0.6) is 5.88 Å². The van der Waals surface area contributed by atoms with Crippen LogP contribution in [0.1, 0.15) is 32.0 Å². The van der Waals surface area contributed by atoms with Gasteiger partial charge in [0.25, 0.3) is 0 Å². The van der Waals surface area contributed by atoms with E-state index in [9.17, 15) is 4.79 Å². The molecule has 1 heterocycles. The quantitative estimate of drug-likeness (QED) is 0.785. The topological polar surface area (TPSA) is 56.6 Å². The minimum absolute atomic E-state index is 0.323. The lowest BCUT2D eigenvalue weighted by Gasteiger charge is -2.25. The van der Waals surface area contributed by atoms with E-state index in [-0.39, 0.29) is 0 Å². The Hall–Kier alpha value is -2.24. The smallest absolute Gasteiger partial charge is 0.410 e. The highest BCUT2D eigenvalue weighted by atomic mass is 16.6. The van der Waals surface area contributed by atoms with Gasteiger partial charge in [-0.1, -0.05) is 19.2 Å². The van der Waals surface area contributed by atoms with Gasteiger partial charge < -0.3 is 14.4 Å². The maximum absolute atomic E-state index is 12.1. The average molecular weight is 307 g/mol. The lowest BCUT2D eigenvalue weighted by molar-refractivity contribution is 0.0281. The fourth-order valence-electron chi connectivity index (χ4n) is 1.91. The summed E-state index contributed by atoms with van der Waals surface area (Å²) < 4.78 is 12.3. The fourth-order valence-corrected chi connectivity index (χ4v) is 1.91. The number of methoxy groups -OCH3 is 1. The zero-order chi connectivity index (χ0) is 17.1. The third-order valence-corrected chi connectivity index (χ3v) is 2.99. The number of carbonyl (C=O) groups is 1. The maximum Gasteiger partial charge on any atom is 0.410 e. The summed E-state index contributed by atoms with van der Waals surface area (Å²) in [5.74, 6) is 0.458. The van der Waals surface area contributed by atoms with Gasteiger partial charge in [0.1, 0.15) is 5.60 Å². The van der Waals surface area contributed by atoms with Crippen LogP contribution < -0.4 is 4.74 Å². The van der Waals surface area contributed by atoms with Gasteiger partial charge >= 0.3 is 6.09 Å². The summed E-state index contributed by atoms with van der Waals surface area (Å²) >= 11 is 0. The first kappa shape index (κ1) is 17.8. The monoisotopic (exact) mass is 307 g/mol. The largest absolute Gasteiger partial charge is 0.479 e. The van der Waals surface area contributed by atoms with Gasteiger partial charge in [-0.15, -0.1) is 5.10 Å². The summed E-state index contributed by atoms with van der Waals surface area (Å²) in [6.07, 6.45) is 1.24. The van der Waals surface area contributed by atoms with Crippen molar-refractivity contribution >= 4 is 11.7 Å². The van der Waals surface area contributed by atoms with Gasteiger partial charge in [0.05, 0.1) is 24.9 Å². The first-order valence-corrected chi connectivity index (χ1v) is 6.96. The number of carbonyl (C=O) groups excluding carboxylic acids is 1. The lowest BCUT2D eigenvalue weighted by atomic mass is 10.1. The molecule has 0 radical (unpaired) electrons. The van der Waals surface area contributed by atoms with Gasteiger partial charge in [0, 0.05) is 14.1 Å². The molecule has 1 amide bonds. The number of hydrogen-bond acceptors (Lipinski definition) is 4. The van der Waals surface area contributed by atoms with Crippen molar-refractivity contribution in [3.8, 4) is 5.88 Å². The summed E-state index contributed by atoms with van der Waals surface area (Å²) in [6.45, 7) is 13.5. The van der Waals surface area contributed by atoms with Gasteiger partial charge in [-0.05, 0) is 26.3 Å². The summed E-state index contributed by atoms with van der Waals surface area (Å²) in [5, 5.41) is 4.29. The predicted molar refractivity (Wildman–Crippen MR) is 86.7 cm³/mol. The SMILES string of the molecule is C=CC(=C)c1c(OC)nn(C)c1CN(C)C(=O)OC(C)(C)C. The Morgan fingerprint density at radius 1 is 1.45 bits per heavy atom. The van der Waals surface area contributed by atoms with Crippen LogP contribution in [0.2, 0.25) is 0 Å². The molecule has 0 saturated carbocycles. The van der Waals surface area contributed by atoms with Gasteiger partial charge in [0.15, 0.2) is 0 Å². The van der Waals surface area contributed by atoms with E-state index >= 15 is 0 Å². The van der Waals surface area contributed by atoms with E-state index in [1.807, 2.05) is 20.8 Å². The van der Waals surface area contributed by atoms with E-state index in [4.69, 9.17) is 9.47 Å². The van der Waals surface area contributed by atoms with Crippen LogP contribution in [0, 0.1) is 0 Å². The van der Waals surface area contributed by atoms with Crippen LogP contribution in [-0.2, 0) is 18.3 Å². The van der Waals surface area contributed by atoms with Crippen molar-refractivity contribution in [2.45, 2.75) is 32.9 Å². The minimum atomic E-state index is -0.539. The van der Waals surface area contributed by atoms with Gasteiger partial charge in [-0.2, -0.15) is 0 Å². The van der Waals surface area contributed by atoms with E-state index in [1.54, 1.807) is 32.0 Å². The second-order valence-corrected chi connectivity index (χ2v) is 6.02. The lowest BCUT2D eigenvalue weighted by Crippen LogP contribution is -2.34. The standard InChI is InChI=1S/C16H25N3O3/c1-9-11(2)13-12(19(7)17-14(13)21-8)10-18(6)15(20)22-16(3,4)5/h9H,1-2,10H2,3-8H3. The van der Waals surface area contributed by atoms with E-state index < -0.39 is 11.7 Å². The zero-order valence-electron chi connectivity index (χ0n) is 14.3. The Morgan fingerprint density at radius 2 is 2.05 bits per heavy atom. The van der Waals surface area contributed by atoms with Crippen molar-refractivity contribution in [3.63, 3.8) is 0 Å². The van der Waals surface area contributed by atoms with Crippen LogP contribution >= 0.6 is 0 Å². The molecule has 0 saturated heterocycles. The van der Waals surface area contributed by atoms with Crippen molar-refractivity contribution in [3.05, 3.63) is 30.5 Å². The van der Waals surface area contributed by atoms with Crippen LogP contribution in [-0.4, -0.2) is 40.5 Å². The molecule has 6 nitrogen and oxygen atoms in total. The van der Waals surface area contributed by atoms with Crippen LogP contribution in [0.3, 0.4) is 0 Å². The second-order valence-electron chi connectivity index (χ2n) is 6.02. The Morgan fingerprint density at radius 3 is 2.50 bits per heavy atom. The van der Waals surface area contributed by atoms with E-state index in [0.717, 1.165) is 11.3 Å². The molecule has 0 N–H and O–H groups in total. The summed E-state index contributed by atoms with van der Waals surface area (Å²) in [4.78, 5) is 13.6. The molecule has 0 atom stereocenters. The molecule has 122 valence electrons. The molecule has 6 heteroatoms. The summed E-state index contributed by atoms with van der Waals surface area (Å²) in [7, 11) is 5.01. The van der Waals surface area contributed by atoms with Crippen molar-refractivity contribution in [1.82, 2.24) is 14.7 Å². The molecule has 0 unspecified atom stereocenters. The Bertz CT molecular complexity index is 582. The molecule has 1 aromatic heterocycles. The van der Waals surface area contributed by atoms with Gasteiger partial charge in [-0.25, -0.2) is 4.79 Å². The fraction of sp³-hybridized carbons (Fsp3) is 0.500. The molecule has 0 spiro atoms. The highest BCUT2D eigenvalue weighted by Crippen LogP contribution is 2.29. The molecule has 1 aromatic rings. The first-order valence-electron chi connectivity index (χ1n) is 6.96. The molecule has 0 aliphatic heterocycles. The molecule has 0 aliphatic rings. The minimum Gasteiger partial charge on any atom is -0.479 e. The van der Waals surface area contributed by atoms with Crippen LogP contribution in [0.15, 0.2) is 19.2 Å². The highest BCUT2D eigenvalue weighted by Gasteiger charge is 2.24. The van der Waals surface area contributed by atoms with Crippen molar-refractivity contribution in [1.29, 1.82) is 0 Å². The van der Waals surface area contributed by atoms with Crippen LogP contribution in [0.4, 0.5) is 4.79 Å².